The molecular formula is C71H118O6. The third kappa shape index (κ3) is 62.5. The third-order valence-electron chi connectivity index (χ3n) is 13.4. The van der Waals surface area contributed by atoms with Crippen LogP contribution in [-0.4, -0.2) is 37.2 Å². The van der Waals surface area contributed by atoms with Crippen molar-refractivity contribution < 1.29 is 28.6 Å². The zero-order chi connectivity index (χ0) is 55.7. The fourth-order valence-corrected chi connectivity index (χ4v) is 8.62. The van der Waals surface area contributed by atoms with Gasteiger partial charge < -0.3 is 14.2 Å². The summed E-state index contributed by atoms with van der Waals surface area (Å²) in [4.78, 5) is 38.3. The SMILES string of the molecule is CC/C=C\C/C=C\C/C=C\C/C=C\C/C=C\C/C=C\C/C=C\C/C=C\CCCCCCC(=O)OCC(COC(=O)CCCCCCC/C=C\CCCCCCCC)OC(=O)CCCCCCC/C=C\CCCCCCCC. The molecule has 0 N–H and O–H groups in total. The van der Waals surface area contributed by atoms with Crippen molar-refractivity contribution in [2.75, 3.05) is 13.2 Å². The first kappa shape index (κ1) is 72.8. The Morgan fingerprint density at radius 1 is 0.273 bits per heavy atom. The van der Waals surface area contributed by atoms with E-state index in [1.807, 2.05) is 0 Å². The largest absolute Gasteiger partial charge is 0.462 e. The van der Waals surface area contributed by atoms with E-state index in [0.29, 0.717) is 19.3 Å². The van der Waals surface area contributed by atoms with Crippen LogP contribution in [0.25, 0.3) is 0 Å². The van der Waals surface area contributed by atoms with Crippen LogP contribution >= 0.6 is 0 Å². The van der Waals surface area contributed by atoms with Crippen LogP contribution in [0.3, 0.4) is 0 Å². The molecule has 0 aromatic carbocycles. The third-order valence-corrected chi connectivity index (χ3v) is 13.4. The van der Waals surface area contributed by atoms with Gasteiger partial charge in [0.05, 0.1) is 0 Å². The molecule has 0 aromatic heterocycles. The lowest BCUT2D eigenvalue weighted by Gasteiger charge is -2.18. The molecule has 77 heavy (non-hydrogen) atoms. The number of esters is 3. The molecule has 0 aliphatic heterocycles. The van der Waals surface area contributed by atoms with Gasteiger partial charge in [0.2, 0.25) is 0 Å². The molecule has 6 nitrogen and oxygen atoms in total. The number of rotatable bonds is 57. The molecule has 0 amide bonds. The second-order valence-corrected chi connectivity index (χ2v) is 20.9. The van der Waals surface area contributed by atoms with E-state index in [2.05, 4.69) is 142 Å². The van der Waals surface area contributed by atoms with Gasteiger partial charge >= 0.3 is 17.9 Å². The van der Waals surface area contributed by atoms with Gasteiger partial charge in [-0.15, -0.1) is 0 Å². The second kappa shape index (κ2) is 64.3. The van der Waals surface area contributed by atoms with Gasteiger partial charge in [0.1, 0.15) is 13.2 Å². The summed E-state index contributed by atoms with van der Waals surface area (Å²) in [5.74, 6) is -0.933. The summed E-state index contributed by atoms with van der Waals surface area (Å²) in [5, 5.41) is 0. The average Bonchev–Trinajstić information content (AvgIpc) is 3.43. The van der Waals surface area contributed by atoms with Gasteiger partial charge in [-0.3, -0.25) is 14.4 Å². The van der Waals surface area contributed by atoms with Crippen molar-refractivity contribution >= 4 is 17.9 Å². The number of ether oxygens (including phenoxy) is 3. The molecule has 1 unspecified atom stereocenters. The molecule has 0 rings (SSSR count). The predicted octanol–water partition coefficient (Wildman–Crippen LogP) is 22.0. The van der Waals surface area contributed by atoms with Crippen molar-refractivity contribution in [3.63, 3.8) is 0 Å². The summed E-state index contributed by atoms with van der Waals surface area (Å²) in [5.41, 5.74) is 0. The molecule has 438 valence electrons. The van der Waals surface area contributed by atoms with Crippen molar-refractivity contribution in [2.45, 2.75) is 297 Å². The Morgan fingerprint density at radius 2 is 0.506 bits per heavy atom. The first-order valence-electron chi connectivity index (χ1n) is 32.0. The van der Waals surface area contributed by atoms with Crippen LogP contribution in [0.2, 0.25) is 0 Å². The van der Waals surface area contributed by atoms with Gasteiger partial charge in [0.25, 0.3) is 0 Å². The molecule has 1 atom stereocenters. The summed E-state index contributed by atoms with van der Waals surface area (Å²) in [6, 6.07) is 0. The van der Waals surface area contributed by atoms with Crippen molar-refractivity contribution in [3.8, 4) is 0 Å². The molecule has 0 spiro atoms. The minimum Gasteiger partial charge on any atom is -0.462 e. The number of allylic oxidation sites excluding steroid dienone is 20. The zero-order valence-electron chi connectivity index (χ0n) is 50.2. The minimum absolute atomic E-state index is 0.0952. The van der Waals surface area contributed by atoms with Crippen LogP contribution < -0.4 is 0 Å². The molecule has 0 radical (unpaired) electrons. The lowest BCUT2D eigenvalue weighted by atomic mass is 10.1. The average molecular weight is 1070 g/mol. The van der Waals surface area contributed by atoms with Gasteiger partial charge in [-0.2, -0.15) is 0 Å². The van der Waals surface area contributed by atoms with E-state index in [9.17, 15) is 14.4 Å². The fourth-order valence-electron chi connectivity index (χ4n) is 8.62. The highest BCUT2D eigenvalue weighted by atomic mass is 16.6. The fraction of sp³-hybridized carbons (Fsp3) is 0.676. The predicted molar refractivity (Wildman–Crippen MR) is 334 cm³/mol. The van der Waals surface area contributed by atoms with Crippen LogP contribution in [0, 0.1) is 0 Å². The van der Waals surface area contributed by atoms with Crippen LogP contribution in [0.4, 0.5) is 0 Å². The Kier molecular flexibility index (Phi) is 60.8. The van der Waals surface area contributed by atoms with Crippen molar-refractivity contribution in [3.05, 3.63) is 122 Å². The summed E-state index contributed by atoms with van der Waals surface area (Å²) in [7, 11) is 0. The standard InChI is InChI=1S/C71H118O6/c1-4-7-10-13-16-19-22-25-28-29-30-31-32-33-34-35-36-37-38-39-40-41-44-46-49-52-55-58-61-64-70(73)76-67-68(77-71(74)65-62-59-56-53-50-47-43-27-24-21-18-15-12-9-6-3)66-75-69(72)63-60-57-54-51-48-45-42-26-23-20-17-14-11-8-5-2/h7,10,16,19,25-28,30-31,33-34,36-37,39-40,42-44,46,68H,4-6,8-9,11-15,17-18,20-24,29,32,35,38,41,45,47-67H2,1-3H3/b10-7-,19-16-,28-25-,31-30-,34-33-,37-36-,40-39-,42-26-,43-27-,46-44-. The van der Waals surface area contributed by atoms with E-state index < -0.39 is 6.10 Å². The summed E-state index contributed by atoms with van der Waals surface area (Å²) < 4.78 is 16.9. The summed E-state index contributed by atoms with van der Waals surface area (Å²) in [6.07, 6.45) is 89.1. The molecular weight excluding hydrogens is 949 g/mol. The van der Waals surface area contributed by atoms with E-state index in [4.69, 9.17) is 14.2 Å². The van der Waals surface area contributed by atoms with Gasteiger partial charge in [-0.05, 0) is 135 Å². The lowest BCUT2D eigenvalue weighted by Crippen LogP contribution is -2.30. The molecule has 6 heteroatoms. The highest BCUT2D eigenvalue weighted by Gasteiger charge is 2.19. The molecule has 0 bridgehead atoms. The highest BCUT2D eigenvalue weighted by Crippen LogP contribution is 2.14. The molecule has 0 aromatic rings. The number of hydrogen-bond donors (Lipinski definition) is 0. The first-order valence-corrected chi connectivity index (χ1v) is 32.0. The summed E-state index contributed by atoms with van der Waals surface area (Å²) in [6.45, 7) is 6.49. The van der Waals surface area contributed by atoms with Crippen LogP contribution in [-0.2, 0) is 28.6 Å². The lowest BCUT2D eigenvalue weighted by molar-refractivity contribution is -0.167. The van der Waals surface area contributed by atoms with Crippen molar-refractivity contribution in [1.29, 1.82) is 0 Å². The maximum Gasteiger partial charge on any atom is 0.306 e. The van der Waals surface area contributed by atoms with E-state index in [1.165, 1.54) is 109 Å². The normalized spacial score (nSPS) is 12.9. The molecule has 0 aliphatic carbocycles. The van der Waals surface area contributed by atoms with Gasteiger partial charge in [-0.1, -0.05) is 258 Å². The smallest absolute Gasteiger partial charge is 0.306 e. The van der Waals surface area contributed by atoms with Crippen molar-refractivity contribution in [1.82, 2.24) is 0 Å². The first-order chi connectivity index (χ1) is 38.0. The van der Waals surface area contributed by atoms with Crippen LogP contribution in [0.15, 0.2) is 122 Å². The van der Waals surface area contributed by atoms with Crippen LogP contribution in [0.1, 0.15) is 290 Å². The number of hydrogen-bond acceptors (Lipinski definition) is 6. The van der Waals surface area contributed by atoms with E-state index >= 15 is 0 Å². The van der Waals surface area contributed by atoms with Crippen LogP contribution in [0.5, 0.6) is 0 Å². The van der Waals surface area contributed by atoms with E-state index in [-0.39, 0.29) is 31.1 Å². The van der Waals surface area contributed by atoms with Crippen molar-refractivity contribution in [2.24, 2.45) is 0 Å². The Hall–Kier alpha value is -4.19. The van der Waals surface area contributed by atoms with E-state index in [1.54, 1.807) is 0 Å². The Labute approximate surface area is 475 Å². The number of carbonyl (C=O) groups excluding carboxylic acids is 3. The highest BCUT2D eigenvalue weighted by molar-refractivity contribution is 5.71. The Morgan fingerprint density at radius 3 is 0.805 bits per heavy atom. The minimum atomic E-state index is -0.800. The second-order valence-electron chi connectivity index (χ2n) is 20.9. The number of unbranched alkanes of at least 4 members (excludes halogenated alkanes) is 26. The summed E-state index contributed by atoms with van der Waals surface area (Å²) >= 11 is 0. The van der Waals surface area contributed by atoms with Gasteiger partial charge in [-0.25, -0.2) is 0 Å². The topological polar surface area (TPSA) is 78.9 Å². The Bertz CT molecular complexity index is 1600. The maximum atomic E-state index is 12.9. The zero-order valence-corrected chi connectivity index (χ0v) is 50.2. The Balaban J connectivity index is 4.40. The molecule has 0 saturated carbocycles. The molecule has 0 fully saturated rings. The van der Waals surface area contributed by atoms with Gasteiger partial charge in [0.15, 0.2) is 6.10 Å². The quantitative estimate of drug-likeness (QED) is 0.0261. The monoisotopic (exact) mass is 1070 g/mol. The maximum absolute atomic E-state index is 12.9. The van der Waals surface area contributed by atoms with Gasteiger partial charge in [0, 0.05) is 19.3 Å². The molecule has 0 saturated heterocycles. The number of carbonyl (C=O) groups is 3. The molecule has 0 heterocycles. The molecule has 0 aliphatic rings. The van der Waals surface area contributed by atoms with E-state index in [0.717, 1.165) is 141 Å².